The number of carbonyl (C=O) groups excluding carboxylic acids is 1. The molecular formula is C22H25F3N4O3. The molecule has 3 rings (SSSR count). The van der Waals surface area contributed by atoms with Crippen molar-refractivity contribution < 1.29 is 23.1 Å². The first-order valence-electron chi connectivity index (χ1n) is 10.1. The van der Waals surface area contributed by atoms with Crippen molar-refractivity contribution in [2.75, 3.05) is 0 Å². The van der Waals surface area contributed by atoms with Crippen LogP contribution in [0.5, 0.6) is 0 Å². The molecule has 172 valence electrons. The highest BCUT2D eigenvalue weighted by Crippen LogP contribution is 2.29. The van der Waals surface area contributed by atoms with Crippen LogP contribution in [0.3, 0.4) is 0 Å². The average Bonchev–Trinajstić information content (AvgIpc) is 3.00. The molecule has 0 unspecified atom stereocenters. The molecule has 1 atom stereocenters. The Balaban J connectivity index is 1.96. The number of imidazole rings is 1. The Bertz CT molecular complexity index is 1170. The maximum Gasteiger partial charge on any atom is 0.417 e. The van der Waals surface area contributed by atoms with Crippen LogP contribution in [0, 0.1) is 5.92 Å². The predicted octanol–water partition coefficient (Wildman–Crippen LogP) is 3.65. The maximum atomic E-state index is 12.9. The van der Waals surface area contributed by atoms with Crippen molar-refractivity contribution in [2.45, 2.75) is 51.9 Å². The second-order valence-corrected chi connectivity index (χ2v) is 8.74. The summed E-state index contributed by atoms with van der Waals surface area (Å²) in [6.07, 6.45) is -3.54. The van der Waals surface area contributed by atoms with Crippen LogP contribution in [0.25, 0.3) is 16.9 Å². The van der Waals surface area contributed by atoms with Gasteiger partial charge in [0, 0.05) is 17.8 Å². The number of hydrogen-bond acceptors (Lipinski definition) is 4. The molecule has 10 heteroatoms. The number of rotatable bonds is 6. The number of amides is 1. The van der Waals surface area contributed by atoms with E-state index < -0.39 is 28.9 Å². The number of nitrogens with one attached hydrogen (secondary N) is 2. The smallest absolute Gasteiger partial charge is 0.390 e. The van der Waals surface area contributed by atoms with Crippen molar-refractivity contribution >= 4 is 16.9 Å². The first-order valence-corrected chi connectivity index (χ1v) is 10.1. The average molecular weight is 450 g/mol. The fourth-order valence-corrected chi connectivity index (χ4v) is 3.40. The van der Waals surface area contributed by atoms with Crippen molar-refractivity contribution in [1.82, 2.24) is 19.9 Å². The third kappa shape index (κ3) is 5.18. The van der Waals surface area contributed by atoms with Crippen molar-refractivity contribution in [3.05, 3.63) is 58.1 Å². The van der Waals surface area contributed by atoms with Gasteiger partial charge >= 0.3 is 11.9 Å². The molecule has 0 radical (unpaired) electrons. The number of fused-ring (bicyclic) bond motifs is 1. The lowest BCUT2D eigenvalue weighted by molar-refractivity contribution is -0.137. The van der Waals surface area contributed by atoms with Gasteiger partial charge in [-0.1, -0.05) is 13.8 Å². The number of alkyl halides is 3. The second kappa shape index (κ2) is 8.42. The summed E-state index contributed by atoms with van der Waals surface area (Å²) in [7, 11) is 0. The minimum atomic E-state index is -4.54. The summed E-state index contributed by atoms with van der Waals surface area (Å²) < 4.78 is 39.6. The summed E-state index contributed by atoms with van der Waals surface area (Å²) in [4.78, 5) is 31.7. The van der Waals surface area contributed by atoms with Crippen LogP contribution >= 0.6 is 0 Å². The summed E-state index contributed by atoms with van der Waals surface area (Å²) in [5.74, 6) is -0.333. The van der Waals surface area contributed by atoms with Gasteiger partial charge in [-0.05, 0) is 56.5 Å². The minimum Gasteiger partial charge on any atom is -0.390 e. The number of carbonyl (C=O) groups is 1. The number of nitrogens with zero attached hydrogens (tertiary/aromatic N) is 2. The maximum absolute atomic E-state index is 12.9. The van der Waals surface area contributed by atoms with E-state index in [1.165, 1.54) is 6.07 Å². The topological polar surface area (TPSA) is 100 Å². The molecule has 0 saturated heterocycles. The van der Waals surface area contributed by atoms with Gasteiger partial charge in [0.05, 0.1) is 22.2 Å². The highest BCUT2D eigenvalue weighted by molar-refractivity contribution is 5.97. The first kappa shape index (κ1) is 23.5. The molecule has 0 aliphatic rings. The molecule has 3 aromatic rings. The summed E-state index contributed by atoms with van der Waals surface area (Å²) in [5, 5.41) is 13.0. The van der Waals surface area contributed by atoms with Crippen LogP contribution in [0.15, 0.2) is 41.3 Å². The molecule has 0 aliphatic heterocycles. The molecule has 1 amide bonds. The molecular weight excluding hydrogens is 425 g/mol. The third-order valence-corrected chi connectivity index (χ3v) is 5.09. The SMILES string of the molecule is CC(C)[C@H](CC(C)(C)O)NC(=O)c1ccc2[nH]c(=O)n(-c3ccc(C(F)(F)F)cn3)c2c1. The van der Waals surface area contributed by atoms with Crippen molar-refractivity contribution in [3.63, 3.8) is 0 Å². The minimum absolute atomic E-state index is 0.00565. The molecule has 0 fully saturated rings. The first-order chi connectivity index (χ1) is 14.8. The van der Waals surface area contributed by atoms with Crippen molar-refractivity contribution in [3.8, 4) is 5.82 Å². The van der Waals surface area contributed by atoms with Gasteiger partial charge in [0.2, 0.25) is 0 Å². The monoisotopic (exact) mass is 450 g/mol. The summed E-state index contributed by atoms with van der Waals surface area (Å²) in [6, 6.07) is 6.22. The molecule has 3 N–H and O–H groups in total. The number of halogens is 3. The zero-order valence-electron chi connectivity index (χ0n) is 18.1. The van der Waals surface area contributed by atoms with E-state index in [0.717, 1.165) is 16.7 Å². The summed E-state index contributed by atoms with van der Waals surface area (Å²) in [6.45, 7) is 7.19. The molecule has 0 spiro atoms. The molecule has 2 heterocycles. The second-order valence-electron chi connectivity index (χ2n) is 8.74. The molecule has 7 nitrogen and oxygen atoms in total. The zero-order chi connectivity index (χ0) is 23.8. The van der Waals surface area contributed by atoms with Gasteiger partial charge in [0.25, 0.3) is 5.91 Å². The van der Waals surface area contributed by atoms with Gasteiger partial charge in [0.15, 0.2) is 0 Å². The number of aromatic nitrogens is 3. The Morgan fingerprint density at radius 1 is 1.22 bits per heavy atom. The number of pyridine rings is 1. The fourth-order valence-electron chi connectivity index (χ4n) is 3.40. The van der Waals surface area contributed by atoms with Gasteiger partial charge in [-0.25, -0.2) is 14.3 Å². The lowest BCUT2D eigenvalue weighted by Gasteiger charge is -2.28. The number of hydrogen-bond donors (Lipinski definition) is 3. The number of aliphatic hydroxyl groups is 1. The largest absolute Gasteiger partial charge is 0.417 e. The quantitative estimate of drug-likeness (QED) is 0.534. The number of benzene rings is 1. The Hall–Kier alpha value is -3.14. The van der Waals surface area contributed by atoms with Gasteiger partial charge in [-0.15, -0.1) is 0 Å². The van der Waals surface area contributed by atoms with E-state index in [1.807, 2.05) is 13.8 Å². The van der Waals surface area contributed by atoms with Crippen molar-refractivity contribution in [1.29, 1.82) is 0 Å². The predicted molar refractivity (Wildman–Crippen MR) is 114 cm³/mol. The van der Waals surface area contributed by atoms with Crippen LogP contribution in [-0.2, 0) is 6.18 Å². The Kier molecular flexibility index (Phi) is 6.19. The Morgan fingerprint density at radius 2 is 1.91 bits per heavy atom. The van der Waals surface area contributed by atoms with E-state index in [1.54, 1.807) is 26.0 Å². The molecule has 32 heavy (non-hydrogen) atoms. The fraction of sp³-hybridized carbons (Fsp3) is 0.409. The standard InChI is InChI=1S/C22H25F3N4O3/c1-12(2)16(10-21(3,4)32)27-19(30)13-5-7-15-17(9-13)29(20(31)28-15)18-8-6-14(11-26-18)22(23,24)25/h5-9,11-12,16,32H,10H2,1-4H3,(H,27,30)(H,28,31)/t16-/m0/s1. The highest BCUT2D eigenvalue weighted by atomic mass is 19.4. The molecule has 0 aliphatic carbocycles. The highest BCUT2D eigenvalue weighted by Gasteiger charge is 2.31. The van der Waals surface area contributed by atoms with Crippen LogP contribution in [0.1, 0.15) is 50.0 Å². The van der Waals surface area contributed by atoms with Gasteiger partial charge in [0.1, 0.15) is 5.82 Å². The van der Waals surface area contributed by atoms with E-state index in [2.05, 4.69) is 15.3 Å². The lowest BCUT2D eigenvalue weighted by atomic mass is 9.91. The van der Waals surface area contributed by atoms with Crippen LogP contribution < -0.4 is 11.0 Å². The van der Waals surface area contributed by atoms with Crippen LogP contribution in [-0.4, -0.2) is 37.2 Å². The zero-order valence-corrected chi connectivity index (χ0v) is 18.1. The number of aromatic amines is 1. The van der Waals surface area contributed by atoms with Crippen molar-refractivity contribution in [2.24, 2.45) is 5.92 Å². The van der Waals surface area contributed by atoms with E-state index in [-0.39, 0.29) is 23.3 Å². The lowest BCUT2D eigenvalue weighted by Crippen LogP contribution is -2.43. The number of H-pyrrole nitrogens is 1. The molecule has 2 aromatic heterocycles. The van der Waals surface area contributed by atoms with Crippen LogP contribution in [0.4, 0.5) is 13.2 Å². The summed E-state index contributed by atoms with van der Waals surface area (Å²) in [5.41, 5.74) is -1.52. The Labute approximate surface area is 182 Å². The van der Waals surface area contributed by atoms with Gasteiger partial charge in [-0.3, -0.25) is 4.79 Å². The van der Waals surface area contributed by atoms with E-state index in [0.29, 0.717) is 23.7 Å². The normalized spacial score (nSPS) is 13.5. The van der Waals surface area contributed by atoms with Gasteiger partial charge < -0.3 is 15.4 Å². The van der Waals surface area contributed by atoms with Gasteiger partial charge in [-0.2, -0.15) is 13.2 Å². The molecule has 1 aromatic carbocycles. The molecule has 0 saturated carbocycles. The van der Waals surface area contributed by atoms with E-state index >= 15 is 0 Å². The molecule has 0 bridgehead atoms. The van der Waals surface area contributed by atoms with E-state index in [9.17, 15) is 27.9 Å². The van der Waals surface area contributed by atoms with E-state index in [4.69, 9.17) is 0 Å². The Morgan fingerprint density at radius 3 is 2.44 bits per heavy atom. The summed E-state index contributed by atoms with van der Waals surface area (Å²) >= 11 is 0. The third-order valence-electron chi connectivity index (χ3n) is 5.09. The van der Waals surface area contributed by atoms with Crippen LogP contribution in [0.2, 0.25) is 0 Å².